The van der Waals surface area contributed by atoms with Crippen LogP contribution in [-0.2, 0) is 14.3 Å². The summed E-state index contributed by atoms with van der Waals surface area (Å²) in [6.45, 7) is 8.86. The Morgan fingerprint density at radius 1 is 1.26 bits per heavy atom. The summed E-state index contributed by atoms with van der Waals surface area (Å²) in [6.07, 6.45) is 1.21. The molecule has 0 bridgehead atoms. The number of esters is 1. The highest BCUT2D eigenvalue weighted by Gasteiger charge is 2.31. The number of fused-ring (bicyclic) bond motifs is 1. The maximum Gasteiger partial charge on any atom is 0.309 e. The fraction of sp³-hybridized carbons (Fsp3) is 0.545. The Bertz CT molecular complexity index is 1030. The minimum absolute atomic E-state index is 0.0249. The van der Waals surface area contributed by atoms with Crippen molar-refractivity contribution >= 4 is 46.1 Å². The van der Waals surface area contributed by atoms with Crippen LogP contribution in [0.3, 0.4) is 0 Å². The van der Waals surface area contributed by atoms with Crippen LogP contribution < -0.4 is 5.56 Å². The number of benzene rings is 1. The summed E-state index contributed by atoms with van der Waals surface area (Å²) in [5.74, 6) is -0.356. The molecular formula is C22H28ClN3O4S. The van der Waals surface area contributed by atoms with Crippen molar-refractivity contribution in [2.45, 2.75) is 57.0 Å². The molecule has 1 amide bonds. The van der Waals surface area contributed by atoms with E-state index in [2.05, 4.69) is 4.98 Å². The second-order valence-electron chi connectivity index (χ2n) is 7.94. The summed E-state index contributed by atoms with van der Waals surface area (Å²) < 4.78 is 6.72. The molecular weight excluding hydrogens is 438 g/mol. The van der Waals surface area contributed by atoms with Crippen molar-refractivity contribution in [1.82, 2.24) is 14.5 Å². The maximum absolute atomic E-state index is 13.0. The molecule has 0 spiro atoms. The third-order valence-corrected chi connectivity index (χ3v) is 6.69. The van der Waals surface area contributed by atoms with Gasteiger partial charge in [-0.1, -0.05) is 23.4 Å². The molecule has 2 aromatic rings. The molecule has 1 saturated heterocycles. The van der Waals surface area contributed by atoms with E-state index in [-0.39, 0.29) is 29.4 Å². The molecule has 0 radical (unpaired) electrons. The van der Waals surface area contributed by atoms with Crippen LogP contribution in [0.1, 0.15) is 46.6 Å². The van der Waals surface area contributed by atoms with Crippen molar-refractivity contribution in [2.75, 3.05) is 19.7 Å². The molecule has 31 heavy (non-hydrogen) atoms. The molecule has 3 rings (SSSR count). The van der Waals surface area contributed by atoms with Crippen LogP contribution in [0.4, 0.5) is 0 Å². The number of ether oxygens (including phenoxy) is 1. The van der Waals surface area contributed by atoms with E-state index < -0.39 is 5.25 Å². The molecule has 1 aliphatic heterocycles. The van der Waals surface area contributed by atoms with E-state index in [4.69, 9.17) is 16.3 Å². The number of hydrogen-bond acceptors (Lipinski definition) is 6. The van der Waals surface area contributed by atoms with Crippen LogP contribution in [0.15, 0.2) is 28.2 Å². The first kappa shape index (κ1) is 23.6. The number of halogens is 1. The standard InChI is InChI=1S/C22H28ClN3O4S/c1-5-30-21(29)15-8-10-25(11-9-15)19(27)14(4)31-22-24-18-12-16(23)6-7-17(18)20(28)26(22)13(2)3/h6-7,12-15H,5,8-11H2,1-4H3/t14-/m1/s1. The van der Waals surface area contributed by atoms with E-state index in [1.165, 1.54) is 11.8 Å². The average molecular weight is 466 g/mol. The smallest absolute Gasteiger partial charge is 0.309 e. The first-order chi connectivity index (χ1) is 14.7. The third-order valence-electron chi connectivity index (χ3n) is 5.40. The third kappa shape index (κ3) is 5.23. The molecule has 9 heteroatoms. The topological polar surface area (TPSA) is 81.5 Å². The summed E-state index contributed by atoms with van der Waals surface area (Å²) in [5.41, 5.74) is 0.376. The molecule has 7 nitrogen and oxygen atoms in total. The van der Waals surface area contributed by atoms with Gasteiger partial charge in [0, 0.05) is 24.2 Å². The Balaban J connectivity index is 1.77. The molecule has 0 unspecified atom stereocenters. The van der Waals surface area contributed by atoms with Gasteiger partial charge in [0.15, 0.2) is 5.16 Å². The lowest BCUT2D eigenvalue weighted by atomic mass is 9.97. The number of carbonyl (C=O) groups excluding carboxylic acids is 2. The van der Waals surface area contributed by atoms with Crippen LogP contribution in [-0.4, -0.2) is 51.3 Å². The highest BCUT2D eigenvalue weighted by Crippen LogP contribution is 2.28. The lowest BCUT2D eigenvalue weighted by molar-refractivity contribution is -0.151. The Hall–Kier alpha value is -2.06. The van der Waals surface area contributed by atoms with Crippen LogP contribution >= 0.6 is 23.4 Å². The number of thioether (sulfide) groups is 1. The molecule has 1 fully saturated rings. The van der Waals surface area contributed by atoms with Crippen LogP contribution in [0.2, 0.25) is 5.02 Å². The van der Waals surface area contributed by atoms with Crippen LogP contribution in [0.25, 0.3) is 10.9 Å². The second-order valence-corrected chi connectivity index (χ2v) is 9.68. The first-order valence-corrected chi connectivity index (χ1v) is 11.8. The van der Waals surface area contributed by atoms with E-state index in [1.807, 2.05) is 20.8 Å². The molecule has 1 aromatic heterocycles. The number of piperidine rings is 1. The molecule has 1 aliphatic rings. The maximum atomic E-state index is 13.0. The molecule has 0 N–H and O–H groups in total. The molecule has 168 valence electrons. The number of aromatic nitrogens is 2. The van der Waals surface area contributed by atoms with Crippen molar-refractivity contribution in [2.24, 2.45) is 5.92 Å². The van der Waals surface area contributed by atoms with Crippen molar-refractivity contribution in [3.8, 4) is 0 Å². The van der Waals surface area contributed by atoms with Gasteiger partial charge >= 0.3 is 5.97 Å². The lowest BCUT2D eigenvalue weighted by Crippen LogP contribution is -2.43. The predicted octanol–water partition coefficient (Wildman–Crippen LogP) is 3.91. The van der Waals surface area contributed by atoms with Gasteiger partial charge in [-0.15, -0.1) is 0 Å². The predicted molar refractivity (Wildman–Crippen MR) is 123 cm³/mol. The van der Waals surface area contributed by atoms with Crippen molar-refractivity contribution in [3.63, 3.8) is 0 Å². The molecule has 2 heterocycles. The number of amides is 1. The Morgan fingerprint density at radius 3 is 2.55 bits per heavy atom. The highest BCUT2D eigenvalue weighted by atomic mass is 35.5. The van der Waals surface area contributed by atoms with Gasteiger partial charge in [-0.25, -0.2) is 4.98 Å². The van der Waals surface area contributed by atoms with Gasteiger partial charge in [-0.2, -0.15) is 0 Å². The fourth-order valence-electron chi connectivity index (χ4n) is 3.75. The van der Waals surface area contributed by atoms with E-state index >= 15 is 0 Å². The van der Waals surface area contributed by atoms with E-state index in [1.54, 1.807) is 34.6 Å². The second kappa shape index (κ2) is 10.0. The lowest BCUT2D eigenvalue weighted by Gasteiger charge is -2.32. The van der Waals surface area contributed by atoms with Gasteiger partial charge in [0.05, 0.1) is 28.7 Å². The SMILES string of the molecule is CCOC(=O)C1CCN(C(=O)[C@@H](C)Sc2nc3cc(Cl)ccc3c(=O)n2C(C)C)CC1. The number of rotatable bonds is 6. The summed E-state index contributed by atoms with van der Waals surface area (Å²) in [5, 5.41) is 1.08. The monoisotopic (exact) mass is 465 g/mol. The number of hydrogen-bond donors (Lipinski definition) is 0. The van der Waals surface area contributed by atoms with Crippen molar-refractivity contribution < 1.29 is 14.3 Å². The molecule has 0 aliphatic carbocycles. The van der Waals surface area contributed by atoms with Gasteiger partial charge in [-0.05, 0) is 58.7 Å². The number of nitrogens with zero attached hydrogens (tertiary/aromatic N) is 3. The Morgan fingerprint density at radius 2 is 1.94 bits per heavy atom. The number of carbonyl (C=O) groups is 2. The molecule has 0 saturated carbocycles. The zero-order valence-corrected chi connectivity index (χ0v) is 19.8. The largest absolute Gasteiger partial charge is 0.466 e. The zero-order chi connectivity index (χ0) is 22.7. The van der Waals surface area contributed by atoms with E-state index in [0.717, 1.165) is 0 Å². The number of likely N-dealkylation sites (tertiary alicyclic amines) is 1. The summed E-state index contributed by atoms with van der Waals surface area (Å²) in [6, 6.07) is 4.92. The van der Waals surface area contributed by atoms with E-state index in [9.17, 15) is 14.4 Å². The summed E-state index contributed by atoms with van der Waals surface area (Å²) in [7, 11) is 0. The van der Waals surface area contributed by atoms with Crippen molar-refractivity contribution in [1.29, 1.82) is 0 Å². The normalized spacial score (nSPS) is 16.0. The first-order valence-electron chi connectivity index (χ1n) is 10.6. The van der Waals surface area contributed by atoms with Crippen LogP contribution in [0.5, 0.6) is 0 Å². The Labute approximate surface area is 191 Å². The summed E-state index contributed by atoms with van der Waals surface area (Å²) >= 11 is 7.36. The van der Waals surface area contributed by atoms with Gasteiger partial charge in [0.1, 0.15) is 0 Å². The van der Waals surface area contributed by atoms with Crippen molar-refractivity contribution in [3.05, 3.63) is 33.6 Å². The Kier molecular flexibility index (Phi) is 7.64. The van der Waals surface area contributed by atoms with E-state index in [0.29, 0.717) is 53.6 Å². The molecule has 1 atom stereocenters. The van der Waals surface area contributed by atoms with Crippen LogP contribution in [0, 0.1) is 5.92 Å². The highest BCUT2D eigenvalue weighted by molar-refractivity contribution is 8.00. The summed E-state index contributed by atoms with van der Waals surface area (Å²) in [4.78, 5) is 44.4. The molecule has 1 aromatic carbocycles. The quantitative estimate of drug-likeness (QED) is 0.365. The van der Waals surface area contributed by atoms with Gasteiger partial charge in [0.2, 0.25) is 5.91 Å². The fourth-order valence-corrected chi connectivity index (χ4v) is 5.04. The zero-order valence-electron chi connectivity index (χ0n) is 18.3. The van der Waals surface area contributed by atoms with Gasteiger partial charge < -0.3 is 9.64 Å². The van der Waals surface area contributed by atoms with Gasteiger partial charge in [0.25, 0.3) is 5.56 Å². The minimum Gasteiger partial charge on any atom is -0.466 e. The average Bonchev–Trinajstić information content (AvgIpc) is 2.73. The minimum atomic E-state index is -0.423. The van der Waals surface area contributed by atoms with Gasteiger partial charge in [-0.3, -0.25) is 19.0 Å².